The summed E-state index contributed by atoms with van der Waals surface area (Å²) >= 11 is 0. The van der Waals surface area contributed by atoms with E-state index in [2.05, 4.69) is 20.9 Å². The van der Waals surface area contributed by atoms with Gasteiger partial charge in [0.05, 0.1) is 11.7 Å². The van der Waals surface area contributed by atoms with E-state index in [0.717, 1.165) is 28.9 Å². The lowest BCUT2D eigenvalue weighted by Crippen LogP contribution is -2.40. The first-order valence-corrected chi connectivity index (χ1v) is 7.57. The summed E-state index contributed by atoms with van der Waals surface area (Å²) in [7, 11) is 1.91. The SMILES string of the molecule is Cc1conc1NC(=O)N[C@H]1CCO[C@@H]1c1c(C)nn(C)c1C. The highest BCUT2D eigenvalue weighted by atomic mass is 16.5. The van der Waals surface area contributed by atoms with Gasteiger partial charge in [0.1, 0.15) is 12.4 Å². The summed E-state index contributed by atoms with van der Waals surface area (Å²) in [4.78, 5) is 12.2. The van der Waals surface area contributed by atoms with E-state index in [0.29, 0.717) is 12.4 Å². The molecule has 2 amide bonds. The van der Waals surface area contributed by atoms with Crippen molar-refractivity contribution >= 4 is 11.8 Å². The zero-order valence-electron chi connectivity index (χ0n) is 13.7. The first-order chi connectivity index (χ1) is 11.0. The zero-order valence-corrected chi connectivity index (χ0v) is 13.7. The minimum Gasteiger partial charge on any atom is -0.371 e. The van der Waals surface area contributed by atoms with Crippen molar-refractivity contribution in [1.29, 1.82) is 0 Å². The predicted octanol–water partition coefficient (Wildman–Crippen LogP) is 1.99. The summed E-state index contributed by atoms with van der Waals surface area (Å²) in [5.74, 6) is 0.423. The topological polar surface area (TPSA) is 94.2 Å². The van der Waals surface area contributed by atoms with Crippen LogP contribution in [0.4, 0.5) is 10.6 Å². The molecule has 3 heterocycles. The van der Waals surface area contributed by atoms with Crippen LogP contribution in [0.15, 0.2) is 10.8 Å². The Kier molecular flexibility index (Phi) is 4.08. The van der Waals surface area contributed by atoms with Gasteiger partial charge in [0, 0.05) is 30.5 Å². The number of carbonyl (C=O) groups is 1. The van der Waals surface area contributed by atoms with E-state index in [1.165, 1.54) is 6.26 Å². The van der Waals surface area contributed by atoms with E-state index in [-0.39, 0.29) is 18.2 Å². The molecule has 3 rings (SSSR count). The molecule has 8 nitrogen and oxygen atoms in total. The fourth-order valence-corrected chi connectivity index (χ4v) is 2.94. The highest BCUT2D eigenvalue weighted by Crippen LogP contribution is 2.33. The van der Waals surface area contributed by atoms with Gasteiger partial charge in [-0.05, 0) is 27.2 Å². The van der Waals surface area contributed by atoms with E-state index >= 15 is 0 Å². The molecule has 124 valence electrons. The number of hydrogen-bond donors (Lipinski definition) is 2. The molecule has 23 heavy (non-hydrogen) atoms. The number of hydrogen-bond acceptors (Lipinski definition) is 5. The normalized spacial score (nSPS) is 20.7. The molecule has 0 spiro atoms. The van der Waals surface area contributed by atoms with Gasteiger partial charge in [0.25, 0.3) is 0 Å². The van der Waals surface area contributed by atoms with Crippen molar-refractivity contribution in [1.82, 2.24) is 20.3 Å². The molecule has 0 bridgehead atoms. The maximum absolute atomic E-state index is 12.2. The molecule has 1 aliphatic heterocycles. The van der Waals surface area contributed by atoms with Gasteiger partial charge in [-0.1, -0.05) is 5.16 Å². The van der Waals surface area contributed by atoms with Crippen molar-refractivity contribution < 1.29 is 14.1 Å². The number of aromatic nitrogens is 3. The molecule has 0 unspecified atom stereocenters. The zero-order chi connectivity index (χ0) is 16.6. The molecule has 0 aliphatic carbocycles. The highest BCUT2D eigenvalue weighted by Gasteiger charge is 2.34. The van der Waals surface area contributed by atoms with Gasteiger partial charge in [-0.15, -0.1) is 0 Å². The largest absolute Gasteiger partial charge is 0.371 e. The lowest BCUT2D eigenvalue weighted by atomic mass is 10.0. The van der Waals surface area contributed by atoms with E-state index in [9.17, 15) is 4.79 Å². The van der Waals surface area contributed by atoms with Gasteiger partial charge in [-0.25, -0.2) is 4.79 Å². The van der Waals surface area contributed by atoms with Crippen molar-refractivity contribution in [3.63, 3.8) is 0 Å². The Balaban J connectivity index is 1.72. The first kappa shape index (κ1) is 15.5. The van der Waals surface area contributed by atoms with E-state index in [4.69, 9.17) is 9.26 Å². The van der Waals surface area contributed by atoms with Gasteiger partial charge in [-0.3, -0.25) is 10.00 Å². The van der Waals surface area contributed by atoms with Gasteiger partial charge >= 0.3 is 6.03 Å². The van der Waals surface area contributed by atoms with Crippen molar-refractivity contribution in [3.8, 4) is 0 Å². The number of nitrogens with one attached hydrogen (secondary N) is 2. The Morgan fingerprint density at radius 2 is 2.17 bits per heavy atom. The van der Waals surface area contributed by atoms with Crippen LogP contribution in [-0.4, -0.2) is 33.6 Å². The summed E-state index contributed by atoms with van der Waals surface area (Å²) in [6.07, 6.45) is 2.05. The van der Waals surface area contributed by atoms with E-state index in [1.54, 1.807) is 0 Å². The smallest absolute Gasteiger partial charge is 0.320 e. The molecule has 2 atom stereocenters. The third-order valence-corrected chi connectivity index (χ3v) is 4.24. The third kappa shape index (κ3) is 2.94. The molecule has 8 heteroatoms. The molecule has 0 aromatic carbocycles. The van der Waals surface area contributed by atoms with Crippen molar-refractivity contribution in [2.75, 3.05) is 11.9 Å². The molecule has 0 radical (unpaired) electrons. The van der Waals surface area contributed by atoms with Crippen LogP contribution in [-0.2, 0) is 11.8 Å². The lowest BCUT2D eigenvalue weighted by molar-refractivity contribution is 0.0993. The van der Waals surface area contributed by atoms with Gasteiger partial charge in [0.2, 0.25) is 0 Å². The number of rotatable bonds is 3. The number of ether oxygens (including phenoxy) is 1. The average Bonchev–Trinajstić information content (AvgIpc) is 3.15. The van der Waals surface area contributed by atoms with Crippen LogP contribution < -0.4 is 10.6 Å². The maximum Gasteiger partial charge on any atom is 0.320 e. The van der Waals surface area contributed by atoms with Crippen LogP contribution in [0.5, 0.6) is 0 Å². The predicted molar refractivity (Wildman–Crippen MR) is 83.2 cm³/mol. The van der Waals surface area contributed by atoms with Crippen LogP contribution >= 0.6 is 0 Å². The number of carbonyl (C=O) groups excluding carboxylic acids is 1. The van der Waals surface area contributed by atoms with Gasteiger partial charge in [0.15, 0.2) is 5.82 Å². The highest BCUT2D eigenvalue weighted by molar-refractivity contribution is 5.89. The van der Waals surface area contributed by atoms with E-state index < -0.39 is 0 Å². The van der Waals surface area contributed by atoms with Crippen molar-refractivity contribution in [2.45, 2.75) is 39.3 Å². The molecule has 1 saturated heterocycles. The minimum atomic E-state index is -0.318. The summed E-state index contributed by atoms with van der Waals surface area (Å²) in [5, 5.41) is 13.8. The molecule has 1 aliphatic rings. The maximum atomic E-state index is 12.2. The van der Waals surface area contributed by atoms with Crippen LogP contribution in [0.1, 0.15) is 35.0 Å². The standard InChI is InChI=1S/C15H21N5O3/c1-8-7-23-19-14(8)17-15(21)16-11-5-6-22-13(11)12-9(2)18-20(4)10(12)3/h7,11,13H,5-6H2,1-4H3,(H2,16,17,19,21)/t11-,13-/m0/s1. The minimum absolute atomic E-state index is 0.108. The van der Waals surface area contributed by atoms with Crippen molar-refractivity contribution in [3.05, 3.63) is 28.8 Å². The Bertz CT molecular complexity index is 721. The molecule has 2 N–H and O–H groups in total. The molecule has 2 aromatic rings. The Morgan fingerprint density at radius 3 is 2.78 bits per heavy atom. The second-order valence-corrected chi connectivity index (χ2v) is 5.84. The van der Waals surface area contributed by atoms with Crippen LogP contribution in [0.25, 0.3) is 0 Å². The fourth-order valence-electron chi connectivity index (χ4n) is 2.94. The monoisotopic (exact) mass is 319 g/mol. The summed E-state index contributed by atoms with van der Waals surface area (Å²) in [6, 6.07) is -0.425. The second-order valence-electron chi connectivity index (χ2n) is 5.84. The lowest BCUT2D eigenvalue weighted by Gasteiger charge is -2.20. The summed E-state index contributed by atoms with van der Waals surface area (Å²) in [5.41, 5.74) is 3.80. The number of urea groups is 1. The van der Waals surface area contributed by atoms with Crippen LogP contribution in [0, 0.1) is 20.8 Å². The molecule has 2 aromatic heterocycles. The quantitative estimate of drug-likeness (QED) is 0.902. The van der Waals surface area contributed by atoms with Gasteiger partial charge in [-0.2, -0.15) is 5.10 Å². The molecular formula is C15H21N5O3. The molecular weight excluding hydrogens is 298 g/mol. The third-order valence-electron chi connectivity index (χ3n) is 4.24. The first-order valence-electron chi connectivity index (χ1n) is 7.57. The van der Waals surface area contributed by atoms with E-state index in [1.807, 2.05) is 32.5 Å². The van der Waals surface area contributed by atoms with Crippen LogP contribution in [0.2, 0.25) is 0 Å². The second kappa shape index (κ2) is 6.04. The molecule has 0 saturated carbocycles. The summed E-state index contributed by atoms with van der Waals surface area (Å²) < 4.78 is 12.5. The Hall–Kier alpha value is -2.35. The summed E-state index contributed by atoms with van der Waals surface area (Å²) in [6.45, 7) is 6.38. The van der Waals surface area contributed by atoms with Crippen LogP contribution in [0.3, 0.4) is 0 Å². The average molecular weight is 319 g/mol. The number of amides is 2. The number of aryl methyl sites for hydroxylation is 3. The Morgan fingerprint density at radius 1 is 1.39 bits per heavy atom. The number of nitrogens with zero attached hydrogens (tertiary/aromatic N) is 3. The van der Waals surface area contributed by atoms with Crippen molar-refractivity contribution in [2.24, 2.45) is 7.05 Å². The molecule has 1 fully saturated rings. The van der Waals surface area contributed by atoms with Gasteiger partial charge < -0.3 is 14.6 Å². The fraction of sp³-hybridized carbons (Fsp3) is 0.533. The number of anilines is 1. The Labute approximate surface area is 134 Å².